The van der Waals surface area contributed by atoms with Crippen LogP contribution in [-0.2, 0) is 13.0 Å². The highest BCUT2D eigenvalue weighted by Crippen LogP contribution is 2.10. The fourth-order valence-corrected chi connectivity index (χ4v) is 3.02. The van der Waals surface area contributed by atoms with Crippen LogP contribution in [0.1, 0.15) is 83.2 Å². The first-order chi connectivity index (χ1) is 10.9. The molecule has 1 aromatic rings. The van der Waals surface area contributed by atoms with Gasteiger partial charge in [0.15, 0.2) is 11.9 Å². The zero-order chi connectivity index (χ0) is 15.9. The second kappa shape index (κ2) is 16.3. The Morgan fingerprint density at radius 1 is 0.826 bits per heavy atom. The second-order valence-electron chi connectivity index (χ2n) is 6.39. The summed E-state index contributed by atoms with van der Waals surface area (Å²) in [6, 6.07) is 6.57. The predicted molar refractivity (Wildman–Crippen MR) is 93.9 cm³/mol. The molecule has 1 rings (SSSR count). The fourth-order valence-electron chi connectivity index (χ4n) is 3.02. The maximum Gasteiger partial charge on any atom is 0.181 e. The van der Waals surface area contributed by atoms with Gasteiger partial charge < -0.3 is 17.5 Å². The molecule has 1 heterocycles. The molecule has 0 aliphatic carbocycles. The molecule has 0 radical (unpaired) electrons. The number of aromatic nitrogens is 1. The average Bonchev–Trinajstić information content (AvgIpc) is 2.54. The molecule has 0 unspecified atom stereocenters. The van der Waals surface area contributed by atoms with Crippen molar-refractivity contribution in [1.29, 1.82) is 0 Å². The third-order valence-corrected chi connectivity index (χ3v) is 4.35. The Morgan fingerprint density at radius 2 is 1.39 bits per heavy atom. The average molecular weight is 342 g/mol. The van der Waals surface area contributed by atoms with Crippen molar-refractivity contribution in [3.05, 3.63) is 30.1 Å². The lowest BCUT2D eigenvalue weighted by atomic mass is 10.1. The van der Waals surface area contributed by atoms with Crippen LogP contribution in [-0.4, -0.2) is 11.7 Å². The van der Waals surface area contributed by atoms with Crippen molar-refractivity contribution in [2.45, 2.75) is 90.5 Å². The quantitative estimate of drug-likeness (QED) is 0.405. The number of hydrogen-bond donors (Lipinski definition) is 1. The molecule has 0 spiro atoms. The zero-order valence-corrected chi connectivity index (χ0v) is 15.7. The number of rotatable bonds is 14. The van der Waals surface area contributed by atoms with E-state index in [0.29, 0.717) is 6.61 Å². The third-order valence-electron chi connectivity index (χ3n) is 4.35. The fraction of sp³-hybridized carbons (Fsp3) is 0.750. The summed E-state index contributed by atoms with van der Waals surface area (Å²) in [6.45, 7) is 3.79. The molecule has 0 saturated heterocycles. The Balaban J connectivity index is 0.00000484. The van der Waals surface area contributed by atoms with E-state index >= 15 is 0 Å². The third kappa shape index (κ3) is 11.6. The van der Waals surface area contributed by atoms with Gasteiger partial charge in [-0.1, -0.05) is 57.9 Å². The van der Waals surface area contributed by atoms with E-state index in [1.807, 2.05) is 0 Å². The molecule has 0 aliphatic rings. The van der Waals surface area contributed by atoms with Gasteiger partial charge in [-0.2, -0.15) is 0 Å². The summed E-state index contributed by atoms with van der Waals surface area (Å²) in [5, 5.41) is 8.72. The normalized spacial score (nSPS) is 10.5. The Kier molecular flexibility index (Phi) is 15.8. The summed E-state index contributed by atoms with van der Waals surface area (Å²) in [5.74, 6) is 0. The number of pyridine rings is 1. The minimum atomic E-state index is 0. The van der Waals surface area contributed by atoms with E-state index in [4.69, 9.17) is 5.11 Å². The van der Waals surface area contributed by atoms with Crippen molar-refractivity contribution in [2.75, 3.05) is 6.61 Å². The van der Waals surface area contributed by atoms with Gasteiger partial charge in [0.1, 0.15) is 6.54 Å². The Hall–Kier alpha value is -0.600. The first-order valence-electron chi connectivity index (χ1n) is 9.46. The molecule has 0 atom stereocenters. The smallest absolute Gasteiger partial charge is 0.181 e. The van der Waals surface area contributed by atoms with E-state index in [1.54, 1.807) is 0 Å². The monoisotopic (exact) mass is 341 g/mol. The maximum absolute atomic E-state index is 8.72. The minimum Gasteiger partial charge on any atom is -1.00 e. The van der Waals surface area contributed by atoms with Gasteiger partial charge in [0.05, 0.1) is 0 Å². The number of nitrogens with zero attached hydrogens (tertiary/aromatic N) is 1. The molecule has 3 heteroatoms. The first kappa shape index (κ1) is 22.4. The lowest BCUT2D eigenvalue weighted by molar-refractivity contribution is -0.704. The molecule has 134 valence electrons. The Labute approximate surface area is 149 Å². The summed E-state index contributed by atoms with van der Waals surface area (Å²) in [4.78, 5) is 0. The summed E-state index contributed by atoms with van der Waals surface area (Å²) < 4.78 is 2.44. The first-order valence-corrected chi connectivity index (χ1v) is 9.46. The zero-order valence-electron chi connectivity index (χ0n) is 15.0. The molecule has 0 bridgehead atoms. The second-order valence-corrected chi connectivity index (χ2v) is 6.39. The summed E-state index contributed by atoms with van der Waals surface area (Å²) in [5.41, 5.74) is 1.48. The molecule has 0 amide bonds. The number of aliphatic hydroxyl groups excluding tert-OH is 1. The topological polar surface area (TPSA) is 24.1 Å². The molecule has 0 saturated carbocycles. The number of aliphatic hydroxyl groups is 1. The van der Waals surface area contributed by atoms with Crippen molar-refractivity contribution < 1.29 is 22.1 Å². The molecular weight excluding hydrogens is 306 g/mol. The highest BCUT2D eigenvalue weighted by Gasteiger charge is 2.07. The summed E-state index contributed by atoms with van der Waals surface area (Å²) in [7, 11) is 0. The molecule has 0 fully saturated rings. The molecule has 23 heavy (non-hydrogen) atoms. The minimum absolute atomic E-state index is 0. The number of halogens is 1. The van der Waals surface area contributed by atoms with Crippen LogP contribution in [0.4, 0.5) is 0 Å². The summed E-state index contributed by atoms with van der Waals surface area (Å²) in [6.07, 6.45) is 17.7. The van der Waals surface area contributed by atoms with Crippen molar-refractivity contribution >= 4 is 0 Å². The maximum atomic E-state index is 8.72. The van der Waals surface area contributed by atoms with Gasteiger partial charge in [-0.25, -0.2) is 4.57 Å². The number of aryl methyl sites for hydroxylation is 2. The van der Waals surface area contributed by atoms with E-state index in [2.05, 4.69) is 35.9 Å². The van der Waals surface area contributed by atoms with Crippen LogP contribution in [0.2, 0.25) is 0 Å². The molecule has 0 aliphatic heterocycles. The van der Waals surface area contributed by atoms with Gasteiger partial charge in [-0.05, 0) is 19.3 Å². The van der Waals surface area contributed by atoms with Crippen molar-refractivity contribution in [1.82, 2.24) is 0 Å². The Morgan fingerprint density at radius 3 is 1.96 bits per heavy atom. The summed E-state index contributed by atoms with van der Waals surface area (Å²) >= 11 is 0. The van der Waals surface area contributed by atoms with Crippen LogP contribution in [0.5, 0.6) is 0 Å². The van der Waals surface area contributed by atoms with E-state index in [0.717, 1.165) is 6.42 Å². The number of hydrogen-bond acceptors (Lipinski definition) is 1. The molecule has 1 aromatic heterocycles. The lowest BCUT2D eigenvalue weighted by Crippen LogP contribution is -3.00. The highest BCUT2D eigenvalue weighted by atomic mass is 35.5. The predicted octanol–water partition coefficient (Wildman–Crippen LogP) is 1.82. The van der Waals surface area contributed by atoms with Gasteiger partial charge in [0.2, 0.25) is 0 Å². The van der Waals surface area contributed by atoms with E-state index in [9.17, 15) is 0 Å². The van der Waals surface area contributed by atoms with Gasteiger partial charge >= 0.3 is 0 Å². The van der Waals surface area contributed by atoms with Crippen LogP contribution < -0.4 is 17.0 Å². The van der Waals surface area contributed by atoms with Crippen molar-refractivity contribution in [2.24, 2.45) is 0 Å². The standard InChI is InChI=1S/C20H36NO.ClH/c1-2-15-20-16-11-13-18-21(20)17-12-9-7-5-3-4-6-8-10-14-19-22;/h11,13,16,18,22H,2-10,12,14-15,17,19H2,1H3;1H/q+1;/p-1. The number of unbranched alkanes of at least 4 members (excludes halogenated alkanes) is 9. The van der Waals surface area contributed by atoms with Crippen molar-refractivity contribution in [3.63, 3.8) is 0 Å². The van der Waals surface area contributed by atoms with Gasteiger partial charge in [-0.15, -0.1) is 0 Å². The van der Waals surface area contributed by atoms with Gasteiger partial charge in [-0.3, -0.25) is 0 Å². The Bertz CT molecular complexity index is 370. The molecule has 1 N–H and O–H groups in total. The van der Waals surface area contributed by atoms with Crippen LogP contribution in [0.3, 0.4) is 0 Å². The van der Waals surface area contributed by atoms with Gasteiger partial charge in [0.25, 0.3) is 0 Å². The molecule has 0 aromatic carbocycles. The van der Waals surface area contributed by atoms with Crippen LogP contribution in [0.25, 0.3) is 0 Å². The van der Waals surface area contributed by atoms with Crippen LogP contribution >= 0.6 is 0 Å². The largest absolute Gasteiger partial charge is 1.00 e. The van der Waals surface area contributed by atoms with E-state index < -0.39 is 0 Å². The van der Waals surface area contributed by atoms with Gasteiger partial charge in [0, 0.05) is 31.6 Å². The van der Waals surface area contributed by atoms with Crippen molar-refractivity contribution in [3.8, 4) is 0 Å². The van der Waals surface area contributed by atoms with Crippen LogP contribution in [0, 0.1) is 0 Å². The molecular formula is C20H36ClNO. The lowest BCUT2D eigenvalue weighted by Gasteiger charge is -2.04. The highest BCUT2D eigenvalue weighted by molar-refractivity contribution is 4.97. The van der Waals surface area contributed by atoms with Crippen LogP contribution in [0.15, 0.2) is 24.4 Å². The van der Waals surface area contributed by atoms with E-state index in [-0.39, 0.29) is 12.4 Å². The molecule has 2 nitrogen and oxygen atoms in total. The van der Waals surface area contributed by atoms with E-state index in [1.165, 1.54) is 82.9 Å². The SMILES string of the molecule is CCCc1cccc[n+]1CCCCCCCCCCCCO.[Cl-].